The molecular formula is C13H18BrFN2O2S. The third kappa shape index (κ3) is 2.99. The van der Waals surface area contributed by atoms with Crippen molar-refractivity contribution in [2.24, 2.45) is 5.41 Å². The minimum atomic E-state index is -3.76. The van der Waals surface area contributed by atoms with Gasteiger partial charge in [0.25, 0.3) is 0 Å². The van der Waals surface area contributed by atoms with Crippen LogP contribution in [0, 0.1) is 11.2 Å². The van der Waals surface area contributed by atoms with Crippen LogP contribution >= 0.6 is 15.9 Å². The Hall–Kier alpha value is -0.660. The topological polar surface area (TPSA) is 72.2 Å². The maximum absolute atomic E-state index is 13.3. The van der Waals surface area contributed by atoms with Crippen molar-refractivity contribution in [3.63, 3.8) is 0 Å². The number of hydrogen-bond donors (Lipinski definition) is 2. The van der Waals surface area contributed by atoms with Crippen LogP contribution in [-0.4, -0.2) is 14.5 Å². The van der Waals surface area contributed by atoms with Crippen LogP contribution in [0.25, 0.3) is 0 Å². The van der Waals surface area contributed by atoms with Gasteiger partial charge in [-0.2, -0.15) is 0 Å². The van der Waals surface area contributed by atoms with Gasteiger partial charge in [0.05, 0.1) is 10.2 Å². The highest BCUT2D eigenvalue weighted by Gasteiger charge is 2.37. The number of nitrogens with two attached hydrogens (primary N) is 1. The largest absolute Gasteiger partial charge is 0.398 e. The number of nitrogens with one attached hydrogen (secondary N) is 1. The number of rotatable bonds is 3. The summed E-state index contributed by atoms with van der Waals surface area (Å²) in [6.07, 6.45) is 2.76. The molecule has 0 aliphatic heterocycles. The zero-order valence-corrected chi connectivity index (χ0v) is 13.8. The summed E-state index contributed by atoms with van der Waals surface area (Å²) in [7, 11) is -3.76. The second-order valence-electron chi connectivity index (χ2n) is 5.86. The third-order valence-electron chi connectivity index (χ3n) is 3.90. The molecule has 0 heterocycles. The SMILES string of the molecule is CC1(C)CCCC1NS(=O)(=O)c1cc(Br)c(F)cc1N. The molecule has 1 aliphatic rings. The summed E-state index contributed by atoms with van der Waals surface area (Å²) < 4.78 is 41.0. The molecule has 20 heavy (non-hydrogen) atoms. The van der Waals surface area contributed by atoms with Crippen LogP contribution in [0.3, 0.4) is 0 Å². The molecule has 1 saturated carbocycles. The van der Waals surface area contributed by atoms with Crippen molar-refractivity contribution in [2.75, 3.05) is 5.73 Å². The van der Waals surface area contributed by atoms with E-state index in [4.69, 9.17) is 5.73 Å². The van der Waals surface area contributed by atoms with Crippen molar-refractivity contribution in [3.8, 4) is 0 Å². The minimum Gasteiger partial charge on any atom is -0.398 e. The number of halogens is 2. The van der Waals surface area contributed by atoms with Crippen LogP contribution in [0.4, 0.5) is 10.1 Å². The van der Waals surface area contributed by atoms with E-state index in [2.05, 4.69) is 20.7 Å². The Morgan fingerprint density at radius 3 is 2.65 bits per heavy atom. The van der Waals surface area contributed by atoms with Gasteiger partial charge in [0.2, 0.25) is 10.0 Å². The molecule has 112 valence electrons. The maximum atomic E-state index is 13.3. The van der Waals surface area contributed by atoms with Gasteiger partial charge in [-0.15, -0.1) is 0 Å². The Labute approximate surface area is 127 Å². The van der Waals surface area contributed by atoms with Crippen LogP contribution < -0.4 is 10.5 Å². The lowest BCUT2D eigenvalue weighted by Gasteiger charge is -2.27. The van der Waals surface area contributed by atoms with Crippen LogP contribution in [0.5, 0.6) is 0 Å². The summed E-state index contributed by atoms with van der Waals surface area (Å²) in [5, 5.41) is 0. The minimum absolute atomic E-state index is 0.0813. The van der Waals surface area contributed by atoms with Gasteiger partial charge in [0.15, 0.2) is 0 Å². The highest BCUT2D eigenvalue weighted by atomic mass is 79.9. The van der Waals surface area contributed by atoms with E-state index in [1.165, 1.54) is 6.07 Å². The molecule has 0 spiro atoms. The first-order chi connectivity index (χ1) is 9.13. The summed E-state index contributed by atoms with van der Waals surface area (Å²) in [4.78, 5) is -0.0894. The predicted molar refractivity (Wildman–Crippen MR) is 80.3 cm³/mol. The summed E-state index contributed by atoms with van der Waals surface area (Å²) in [6.45, 7) is 4.08. The highest BCUT2D eigenvalue weighted by molar-refractivity contribution is 9.10. The zero-order valence-electron chi connectivity index (χ0n) is 11.4. The third-order valence-corrected chi connectivity index (χ3v) is 6.03. The standard InChI is InChI=1S/C13H18BrFN2O2S/c1-13(2)5-3-4-12(13)17-20(18,19)11-6-8(14)9(15)7-10(11)16/h6-7,12,17H,3-5,16H2,1-2H3. The van der Waals surface area contributed by atoms with E-state index in [1.807, 2.05) is 13.8 Å². The maximum Gasteiger partial charge on any atom is 0.242 e. The first-order valence-electron chi connectivity index (χ1n) is 6.40. The van der Waals surface area contributed by atoms with E-state index in [0.29, 0.717) is 0 Å². The summed E-state index contributed by atoms with van der Waals surface area (Å²) in [5.74, 6) is -0.581. The molecule has 1 unspecified atom stereocenters. The Morgan fingerprint density at radius 2 is 2.10 bits per heavy atom. The van der Waals surface area contributed by atoms with E-state index in [-0.39, 0.29) is 26.5 Å². The first-order valence-corrected chi connectivity index (χ1v) is 8.68. The van der Waals surface area contributed by atoms with Crippen LogP contribution in [-0.2, 0) is 10.0 Å². The van der Waals surface area contributed by atoms with Gasteiger partial charge in [-0.3, -0.25) is 0 Å². The summed E-state index contributed by atoms with van der Waals surface area (Å²) >= 11 is 2.99. The Balaban J connectivity index is 2.34. The van der Waals surface area contributed by atoms with Gasteiger partial charge < -0.3 is 5.73 Å². The number of sulfonamides is 1. The van der Waals surface area contributed by atoms with Crippen molar-refractivity contribution in [1.29, 1.82) is 0 Å². The van der Waals surface area contributed by atoms with Gasteiger partial charge in [0.1, 0.15) is 10.7 Å². The summed E-state index contributed by atoms with van der Waals surface area (Å²) in [5.41, 5.74) is 5.47. The zero-order chi connectivity index (χ0) is 15.1. The molecule has 1 aliphatic carbocycles. The molecule has 1 aromatic rings. The van der Waals surface area contributed by atoms with Crippen molar-refractivity contribution >= 4 is 31.6 Å². The lowest BCUT2D eigenvalue weighted by molar-refractivity contribution is 0.313. The fourth-order valence-electron chi connectivity index (χ4n) is 2.57. The van der Waals surface area contributed by atoms with Crippen molar-refractivity contribution in [3.05, 3.63) is 22.4 Å². The fourth-order valence-corrected chi connectivity index (χ4v) is 4.65. The number of nitrogen functional groups attached to an aromatic ring is 1. The second-order valence-corrected chi connectivity index (χ2v) is 8.40. The quantitative estimate of drug-likeness (QED) is 0.809. The average Bonchev–Trinajstić information content (AvgIpc) is 2.62. The lowest BCUT2D eigenvalue weighted by atomic mass is 9.88. The smallest absolute Gasteiger partial charge is 0.242 e. The van der Waals surface area contributed by atoms with Crippen LogP contribution in [0.2, 0.25) is 0 Å². The van der Waals surface area contributed by atoms with Crippen LogP contribution in [0.15, 0.2) is 21.5 Å². The molecular weight excluding hydrogens is 347 g/mol. The molecule has 7 heteroatoms. The van der Waals surface area contributed by atoms with Gasteiger partial charge in [0, 0.05) is 6.04 Å². The van der Waals surface area contributed by atoms with E-state index in [9.17, 15) is 12.8 Å². The van der Waals surface area contributed by atoms with Gasteiger partial charge in [-0.05, 0) is 46.3 Å². The summed E-state index contributed by atoms with van der Waals surface area (Å²) in [6, 6.07) is 2.09. The first kappa shape index (κ1) is 15.7. The molecule has 4 nitrogen and oxygen atoms in total. The molecule has 1 fully saturated rings. The molecule has 0 amide bonds. The molecule has 1 aromatic carbocycles. The van der Waals surface area contributed by atoms with E-state index in [1.54, 1.807) is 0 Å². The molecule has 0 aromatic heterocycles. The fraction of sp³-hybridized carbons (Fsp3) is 0.538. The number of hydrogen-bond acceptors (Lipinski definition) is 3. The van der Waals surface area contributed by atoms with E-state index >= 15 is 0 Å². The van der Waals surface area contributed by atoms with Crippen molar-refractivity contribution < 1.29 is 12.8 Å². The average molecular weight is 365 g/mol. The predicted octanol–water partition coefficient (Wildman–Crippen LogP) is 3.03. The normalized spacial score (nSPS) is 22.1. The molecule has 0 radical (unpaired) electrons. The second kappa shape index (κ2) is 5.27. The molecule has 0 bridgehead atoms. The van der Waals surface area contributed by atoms with Gasteiger partial charge in [-0.1, -0.05) is 20.3 Å². The monoisotopic (exact) mass is 364 g/mol. The van der Waals surface area contributed by atoms with Crippen LogP contribution in [0.1, 0.15) is 33.1 Å². The van der Waals surface area contributed by atoms with Gasteiger partial charge in [-0.25, -0.2) is 17.5 Å². The van der Waals surface area contributed by atoms with E-state index < -0.39 is 15.8 Å². The molecule has 2 rings (SSSR count). The Bertz CT molecular complexity index is 632. The Morgan fingerprint density at radius 1 is 1.45 bits per heavy atom. The highest BCUT2D eigenvalue weighted by Crippen LogP contribution is 2.38. The van der Waals surface area contributed by atoms with E-state index in [0.717, 1.165) is 25.3 Å². The molecule has 3 N–H and O–H groups in total. The van der Waals surface area contributed by atoms with Crippen molar-refractivity contribution in [1.82, 2.24) is 4.72 Å². The van der Waals surface area contributed by atoms with Gasteiger partial charge >= 0.3 is 0 Å². The molecule has 0 saturated heterocycles. The number of anilines is 1. The lowest BCUT2D eigenvalue weighted by Crippen LogP contribution is -2.41. The number of benzene rings is 1. The molecule has 1 atom stereocenters. The van der Waals surface area contributed by atoms with Crippen molar-refractivity contribution in [2.45, 2.75) is 44.0 Å². The Kier molecular flexibility index (Phi) is 4.15.